The van der Waals surface area contributed by atoms with Crippen LogP contribution in [0, 0.1) is 13.8 Å². The van der Waals surface area contributed by atoms with E-state index in [0.29, 0.717) is 0 Å². The maximum Gasteiger partial charge on any atom is 0.143 e. The van der Waals surface area contributed by atoms with Crippen LogP contribution in [0.1, 0.15) is 11.1 Å². The van der Waals surface area contributed by atoms with E-state index in [1.54, 1.807) is 0 Å². The average molecular weight is 551 g/mol. The van der Waals surface area contributed by atoms with Gasteiger partial charge in [0, 0.05) is 32.7 Å². The van der Waals surface area contributed by atoms with E-state index >= 15 is 0 Å². The third kappa shape index (κ3) is 3.61. The fourth-order valence-electron chi connectivity index (χ4n) is 6.73. The SMILES string of the molecule is Cc1ccc2c3ccc(C)cc3c3nc(-c4cccc(-c5cc6ccccc6c6c5oc5ccccc56)c4)cnc3c2c1. The van der Waals surface area contributed by atoms with E-state index in [4.69, 9.17) is 14.4 Å². The van der Waals surface area contributed by atoms with Gasteiger partial charge in [-0.3, -0.25) is 4.98 Å². The molecule has 0 aliphatic rings. The second kappa shape index (κ2) is 8.98. The van der Waals surface area contributed by atoms with Gasteiger partial charge >= 0.3 is 0 Å². The zero-order valence-corrected chi connectivity index (χ0v) is 23.8. The molecule has 0 aliphatic heterocycles. The number of fused-ring (bicyclic) bond motifs is 11. The van der Waals surface area contributed by atoms with Crippen LogP contribution in [0.2, 0.25) is 0 Å². The third-order valence-corrected chi connectivity index (χ3v) is 8.76. The molecule has 0 fully saturated rings. The molecule has 9 rings (SSSR count). The Hall–Kier alpha value is -5.54. The highest BCUT2D eigenvalue weighted by molar-refractivity contribution is 6.24. The minimum Gasteiger partial charge on any atom is -0.455 e. The highest BCUT2D eigenvalue weighted by Crippen LogP contribution is 2.42. The van der Waals surface area contributed by atoms with Crippen molar-refractivity contribution >= 4 is 65.3 Å². The normalized spacial score (nSPS) is 12.0. The lowest BCUT2D eigenvalue weighted by Crippen LogP contribution is -1.93. The lowest BCUT2D eigenvalue weighted by Gasteiger charge is -2.12. The van der Waals surface area contributed by atoms with Crippen LogP contribution in [0.25, 0.3) is 87.7 Å². The predicted octanol–water partition coefficient (Wildman–Crippen LogP) is 10.9. The molecule has 2 aromatic heterocycles. The Morgan fingerprint density at radius 3 is 2.05 bits per heavy atom. The lowest BCUT2D eigenvalue weighted by molar-refractivity contribution is 0.670. The molecule has 43 heavy (non-hydrogen) atoms. The fourth-order valence-corrected chi connectivity index (χ4v) is 6.73. The summed E-state index contributed by atoms with van der Waals surface area (Å²) < 4.78 is 6.53. The van der Waals surface area contributed by atoms with Crippen molar-refractivity contribution in [2.45, 2.75) is 13.8 Å². The summed E-state index contributed by atoms with van der Waals surface area (Å²) in [6, 6.07) is 40.9. The zero-order valence-electron chi connectivity index (χ0n) is 23.8. The van der Waals surface area contributed by atoms with Gasteiger partial charge in [-0.05, 0) is 71.3 Å². The molecule has 0 saturated carbocycles. The van der Waals surface area contributed by atoms with E-state index in [-0.39, 0.29) is 0 Å². The topological polar surface area (TPSA) is 38.9 Å². The van der Waals surface area contributed by atoms with Crippen LogP contribution in [-0.4, -0.2) is 9.97 Å². The average Bonchev–Trinajstić information content (AvgIpc) is 3.44. The molecule has 0 atom stereocenters. The van der Waals surface area contributed by atoms with E-state index in [1.165, 1.54) is 32.7 Å². The minimum atomic E-state index is 0.853. The van der Waals surface area contributed by atoms with Gasteiger partial charge in [0.15, 0.2) is 0 Å². The summed E-state index contributed by atoms with van der Waals surface area (Å²) in [7, 11) is 0. The van der Waals surface area contributed by atoms with E-state index in [2.05, 4.69) is 117 Å². The van der Waals surface area contributed by atoms with Crippen LogP contribution in [0.5, 0.6) is 0 Å². The summed E-state index contributed by atoms with van der Waals surface area (Å²) in [5, 5.41) is 9.38. The smallest absolute Gasteiger partial charge is 0.143 e. The maximum absolute atomic E-state index is 6.53. The molecular formula is C40H26N2O. The van der Waals surface area contributed by atoms with Gasteiger partial charge in [0.05, 0.1) is 22.9 Å². The molecule has 0 N–H and O–H groups in total. The van der Waals surface area contributed by atoms with Gasteiger partial charge in [-0.1, -0.05) is 96.1 Å². The molecule has 9 aromatic rings. The van der Waals surface area contributed by atoms with Crippen LogP contribution < -0.4 is 0 Å². The maximum atomic E-state index is 6.53. The Labute approximate surface area is 248 Å². The molecule has 0 bridgehead atoms. The van der Waals surface area contributed by atoms with Gasteiger partial charge in [-0.25, -0.2) is 4.98 Å². The Kier molecular flexibility index (Phi) is 5.03. The number of nitrogens with zero attached hydrogens (tertiary/aromatic N) is 2. The first kappa shape index (κ1) is 24.1. The number of aryl methyl sites for hydroxylation is 2. The van der Waals surface area contributed by atoms with Crippen molar-refractivity contribution < 1.29 is 4.42 Å². The Balaban J connectivity index is 1.29. The van der Waals surface area contributed by atoms with E-state index in [0.717, 1.165) is 66.1 Å². The van der Waals surface area contributed by atoms with E-state index < -0.39 is 0 Å². The first-order chi connectivity index (χ1) is 21.1. The highest BCUT2D eigenvalue weighted by Gasteiger charge is 2.17. The Morgan fingerprint density at radius 1 is 0.535 bits per heavy atom. The summed E-state index contributed by atoms with van der Waals surface area (Å²) in [6.07, 6.45) is 1.92. The first-order valence-electron chi connectivity index (χ1n) is 14.7. The first-order valence-corrected chi connectivity index (χ1v) is 14.7. The molecule has 202 valence electrons. The molecule has 3 nitrogen and oxygen atoms in total. The second-order valence-corrected chi connectivity index (χ2v) is 11.6. The Morgan fingerprint density at radius 2 is 1.23 bits per heavy atom. The summed E-state index contributed by atoms with van der Waals surface area (Å²) in [5.41, 5.74) is 10.1. The molecule has 3 heteroatoms. The predicted molar refractivity (Wildman–Crippen MR) is 180 cm³/mol. The summed E-state index contributed by atoms with van der Waals surface area (Å²) >= 11 is 0. The Bertz CT molecular complexity index is 2590. The van der Waals surface area contributed by atoms with Crippen molar-refractivity contribution in [2.75, 3.05) is 0 Å². The van der Waals surface area contributed by atoms with Gasteiger partial charge < -0.3 is 4.42 Å². The molecule has 0 spiro atoms. The van der Waals surface area contributed by atoms with Crippen molar-refractivity contribution in [3.05, 3.63) is 133 Å². The quantitative estimate of drug-likeness (QED) is 0.201. The number of hydrogen-bond donors (Lipinski definition) is 0. The molecule has 0 saturated heterocycles. The van der Waals surface area contributed by atoms with Crippen LogP contribution in [0.4, 0.5) is 0 Å². The number of furan rings is 1. The summed E-state index contributed by atoms with van der Waals surface area (Å²) in [5.74, 6) is 0. The molecule has 0 aliphatic carbocycles. The monoisotopic (exact) mass is 550 g/mol. The van der Waals surface area contributed by atoms with Crippen molar-refractivity contribution in [1.29, 1.82) is 0 Å². The molecule has 0 radical (unpaired) electrons. The van der Waals surface area contributed by atoms with Gasteiger partial charge in [0.1, 0.15) is 11.2 Å². The van der Waals surface area contributed by atoms with Gasteiger partial charge in [-0.2, -0.15) is 0 Å². The van der Waals surface area contributed by atoms with Crippen molar-refractivity contribution in [3.63, 3.8) is 0 Å². The van der Waals surface area contributed by atoms with Crippen molar-refractivity contribution in [1.82, 2.24) is 9.97 Å². The second-order valence-electron chi connectivity index (χ2n) is 11.6. The van der Waals surface area contributed by atoms with Crippen molar-refractivity contribution in [3.8, 4) is 22.4 Å². The number of para-hydroxylation sites is 1. The number of benzene rings is 7. The lowest BCUT2D eigenvalue weighted by atomic mass is 9.95. The van der Waals surface area contributed by atoms with Crippen molar-refractivity contribution in [2.24, 2.45) is 0 Å². The largest absolute Gasteiger partial charge is 0.455 e. The highest BCUT2D eigenvalue weighted by atomic mass is 16.3. The summed E-state index contributed by atoms with van der Waals surface area (Å²) in [4.78, 5) is 10.3. The van der Waals surface area contributed by atoms with E-state index in [9.17, 15) is 0 Å². The molecule has 2 heterocycles. The number of aromatic nitrogens is 2. The third-order valence-electron chi connectivity index (χ3n) is 8.76. The van der Waals surface area contributed by atoms with Crippen LogP contribution >= 0.6 is 0 Å². The van der Waals surface area contributed by atoms with Gasteiger partial charge in [0.25, 0.3) is 0 Å². The molecule has 0 amide bonds. The van der Waals surface area contributed by atoms with E-state index in [1.807, 2.05) is 18.3 Å². The summed E-state index contributed by atoms with van der Waals surface area (Å²) in [6.45, 7) is 4.26. The molecular weight excluding hydrogens is 524 g/mol. The van der Waals surface area contributed by atoms with Crippen LogP contribution in [0.15, 0.2) is 126 Å². The number of hydrogen-bond acceptors (Lipinski definition) is 3. The van der Waals surface area contributed by atoms with Gasteiger partial charge in [-0.15, -0.1) is 0 Å². The fraction of sp³-hybridized carbons (Fsp3) is 0.0500. The zero-order chi connectivity index (χ0) is 28.7. The van der Waals surface area contributed by atoms with Crippen LogP contribution in [0.3, 0.4) is 0 Å². The van der Waals surface area contributed by atoms with Gasteiger partial charge in [0.2, 0.25) is 0 Å². The van der Waals surface area contributed by atoms with Crippen LogP contribution in [-0.2, 0) is 0 Å². The minimum absolute atomic E-state index is 0.853. The number of rotatable bonds is 2. The molecule has 7 aromatic carbocycles. The standard InChI is InChI=1S/C40H26N2O/c1-23-14-16-29-30-17-15-24(2)19-34(30)39-38(33(29)18-23)41-22-35(42-39)27-10-7-9-25(20-27)32-21-26-8-3-4-11-28(26)37-31-12-5-6-13-36(31)43-40(32)37/h3-22H,1-2H3. The molecule has 0 unspecified atom stereocenters.